The molecule has 2 N–H and O–H groups in total. The first kappa shape index (κ1) is 20.4. The lowest BCUT2D eigenvalue weighted by Gasteiger charge is -2.13. The van der Waals surface area contributed by atoms with Crippen molar-refractivity contribution in [3.05, 3.63) is 0 Å². The molecule has 0 bridgehead atoms. The zero-order chi connectivity index (χ0) is 15.8. The Morgan fingerprint density at radius 1 is 0.857 bits per heavy atom. The maximum Gasteiger partial charge on any atom is 0.220 e. The molecule has 1 amide bonds. The van der Waals surface area contributed by atoms with Gasteiger partial charge in [-0.1, -0.05) is 78.1 Å². The smallest absolute Gasteiger partial charge is 0.220 e. The van der Waals surface area contributed by atoms with Crippen LogP contribution >= 0.6 is 0 Å². The lowest BCUT2D eigenvalue weighted by Crippen LogP contribution is -2.36. The average Bonchev–Trinajstić information content (AvgIpc) is 2.50. The number of hydrogen-bond donors (Lipinski definition) is 2. The molecule has 3 heteroatoms. The molecule has 0 aromatic heterocycles. The Balaban J connectivity index is 3.23. The van der Waals surface area contributed by atoms with Gasteiger partial charge in [0.1, 0.15) is 0 Å². The average molecular weight is 299 g/mol. The van der Waals surface area contributed by atoms with E-state index in [1.54, 1.807) is 0 Å². The van der Waals surface area contributed by atoms with Gasteiger partial charge in [-0.3, -0.25) is 4.79 Å². The fourth-order valence-corrected chi connectivity index (χ4v) is 2.53. The van der Waals surface area contributed by atoms with Gasteiger partial charge in [0.25, 0.3) is 0 Å². The molecule has 0 aliphatic heterocycles. The molecule has 0 saturated heterocycles. The van der Waals surface area contributed by atoms with Crippen molar-refractivity contribution in [2.75, 3.05) is 6.61 Å². The van der Waals surface area contributed by atoms with Crippen molar-refractivity contribution in [2.24, 2.45) is 0 Å². The number of amides is 1. The molecule has 0 aliphatic carbocycles. The van der Waals surface area contributed by atoms with Crippen LogP contribution < -0.4 is 5.32 Å². The minimum absolute atomic E-state index is 0.0422. The number of hydrogen-bond acceptors (Lipinski definition) is 2. The monoisotopic (exact) mass is 299 g/mol. The highest BCUT2D eigenvalue weighted by atomic mass is 16.3. The Morgan fingerprint density at radius 3 is 1.76 bits per heavy atom. The normalized spacial score (nSPS) is 12.3. The predicted molar refractivity (Wildman–Crippen MR) is 90.4 cm³/mol. The van der Waals surface area contributed by atoms with Crippen LogP contribution in [0.4, 0.5) is 0 Å². The molecular formula is C18H37NO2. The van der Waals surface area contributed by atoms with E-state index < -0.39 is 0 Å². The number of nitrogens with one attached hydrogen (secondary N) is 1. The SMILES string of the molecule is CCCCCCCCCCCCCC(=O)N[C@@H](CC)CO. The Labute approximate surface area is 131 Å². The van der Waals surface area contributed by atoms with E-state index in [0.29, 0.717) is 6.42 Å². The maximum absolute atomic E-state index is 11.6. The zero-order valence-corrected chi connectivity index (χ0v) is 14.3. The summed E-state index contributed by atoms with van der Waals surface area (Å²) >= 11 is 0. The van der Waals surface area contributed by atoms with Crippen LogP contribution in [0.1, 0.15) is 97.3 Å². The van der Waals surface area contributed by atoms with Gasteiger partial charge in [-0.15, -0.1) is 0 Å². The number of aliphatic hydroxyl groups is 1. The van der Waals surface area contributed by atoms with Gasteiger partial charge in [-0.05, 0) is 12.8 Å². The van der Waals surface area contributed by atoms with Crippen molar-refractivity contribution in [1.29, 1.82) is 0 Å². The molecule has 0 aromatic carbocycles. The van der Waals surface area contributed by atoms with Crippen molar-refractivity contribution in [2.45, 2.75) is 103 Å². The molecule has 0 rings (SSSR count). The van der Waals surface area contributed by atoms with Crippen molar-refractivity contribution in [3.8, 4) is 0 Å². The number of unbranched alkanes of at least 4 members (excludes halogenated alkanes) is 10. The molecule has 126 valence electrons. The van der Waals surface area contributed by atoms with E-state index >= 15 is 0 Å². The highest BCUT2D eigenvalue weighted by Gasteiger charge is 2.08. The van der Waals surface area contributed by atoms with E-state index in [1.807, 2.05) is 6.92 Å². The van der Waals surface area contributed by atoms with Crippen LogP contribution in [0.2, 0.25) is 0 Å². The second kappa shape index (κ2) is 15.8. The second-order valence-electron chi connectivity index (χ2n) is 6.14. The molecule has 0 fully saturated rings. The Kier molecular flexibility index (Phi) is 15.4. The van der Waals surface area contributed by atoms with Gasteiger partial charge < -0.3 is 10.4 Å². The molecule has 0 spiro atoms. The van der Waals surface area contributed by atoms with Gasteiger partial charge in [0, 0.05) is 6.42 Å². The molecule has 0 aromatic rings. The quantitative estimate of drug-likeness (QED) is 0.435. The van der Waals surface area contributed by atoms with Gasteiger partial charge in [0.2, 0.25) is 5.91 Å². The first-order valence-corrected chi connectivity index (χ1v) is 9.14. The first-order chi connectivity index (χ1) is 10.2. The summed E-state index contributed by atoms with van der Waals surface area (Å²) in [6.45, 7) is 4.27. The summed E-state index contributed by atoms with van der Waals surface area (Å²) < 4.78 is 0. The van der Waals surface area contributed by atoms with Crippen LogP contribution in [-0.4, -0.2) is 23.7 Å². The van der Waals surface area contributed by atoms with Crippen LogP contribution in [0.15, 0.2) is 0 Å². The Hall–Kier alpha value is -0.570. The second-order valence-corrected chi connectivity index (χ2v) is 6.14. The minimum atomic E-state index is -0.0646. The summed E-state index contributed by atoms with van der Waals surface area (Å²) in [5.41, 5.74) is 0. The Morgan fingerprint density at radius 2 is 1.33 bits per heavy atom. The topological polar surface area (TPSA) is 49.3 Å². The largest absolute Gasteiger partial charge is 0.394 e. The molecule has 0 unspecified atom stereocenters. The fraction of sp³-hybridized carbons (Fsp3) is 0.944. The van der Waals surface area contributed by atoms with Crippen LogP contribution in [-0.2, 0) is 4.79 Å². The predicted octanol–water partition coefficient (Wildman–Crippen LogP) is 4.57. The molecule has 1 atom stereocenters. The summed E-state index contributed by atoms with van der Waals surface area (Å²) in [4.78, 5) is 11.6. The summed E-state index contributed by atoms with van der Waals surface area (Å²) in [6.07, 6.45) is 15.7. The van der Waals surface area contributed by atoms with E-state index in [0.717, 1.165) is 19.3 Å². The molecule has 0 aliphatic rings. The molecule has 0 heterocycles. The van der Waals surface area contributed by atoms with E-state index in [9.17, 15) is 4.79 Å². The highest BCUT2D eigenvalue weighted by Crippen LogP contribution is 2.11. The standard InChI is InChI=1S/C18H37NO2/c1-3-5-6-7-8-9-10-11-12-13-14-15-18(21)19-17(4-2)16-20/h17,20H,3-16H2,1-2H3,(H,19,21)/t17-/m0/s1. The van der Waals surface area contributed by atoms with Crippen molar-refractivity contribution >= 4 is 5.91 Å². The third-order valence-corrected chi connectivity index (χ3v) is 4.09. The number of aliphatic hydroxyl groups excluding tert-OH is 1. The molecule has 3 nitrogen and oxygen atoms in total. The first-order valence-electron chi connectivity index (χ1n) is 9.14. The summed E-state index contributed by atoms with van der Waals surface area (Å²) in [5, 5.41) is 11.9. The highest BCUT2D eigenvalue weighted by molar-refractivity contribution is 5.76. The van der Waals surface area contributed by atoms with Crippen LogP contribution in [0, 0.1) is 0 Å². The van der Waals surface area contributed by atoms with E-state index in [1.165, 1.54) is 57.8 Å². The number of rotatable bonds is 15. The lowest BCUT2D eigenvalue weighted by atomic mass is 10.1. The lowest BCUT2D eigenvalue weighted by molar-refractivity contribution is -0.122. The van der Waals surface area contributed by atoms with Gasteiger partial charge >= 0.3 is 0 Å². The third kappa shape index (κ3) is 14.1. The third-order valence-electron chi connectivity index (χ3n) is 4.09. The molecule has 21 heavy (non-hydrogen) atoms. The summed E-state index contributed by atoms with van der Waals surface area (Å²) in [7, 11) is 0. The van der Waals surface area contributed by atoms with Gasteiger partial charge in [-0.25, -0.2) is 0 Å². The van der Waals surface area contributed by atoms with Crippen molar-refractivity contribution < 1.29 is 9.90 Å². The Bertz CT molecular complexity index is 227. The summed E-state index contributed by atoms with van der Waals surface area (Å²) in [6, 6.07) is -0.0646. The van der Waals surface area contributed by atoms with Gasteiger partial charge in [0.15, 0.2) is 0 Å². The van der Waals surface area contributed by atoms with E-state index in [4.69, 9.17) is 5.11 Å². The number of carbonyl (C=O) groups excluding carboxylic acids is 1. The van der Waals surface area contributed by atoms with E-state index in [-0.39, 0.29) is 18.6 Å². The molecule has 0 saturated carbocycles. The fourth-order valence-electron chi connectivity index (χ4n) is 2.53. The molecular weight excluding hydrogens is 262 g/mol. The van der Waals surface area contributed by atoms with Crippen LogP contribution in [0.25, 0.3) is 0 Å². The van der Waals surface area contributed by atoms with Crippen molar-refractivity contribution in [3.63, 3.8) is 0 Å². The zero-order valence-electron chi connectivity index (χ0n) is 14.3. The number of carbonyl (C=O) groups is 1. The van der Waals surface area contributed by atoms with Gasteiger partial charge in [-0.2, -0.15) is 0 Å². The minimum Gasteiger partial charge on any atom is -0.394 e. The summed E-state index contributed by atoms with van der Waals surface area (Å²) in [5.74, 6) is 0.0897. The van der Waals surface area contributed by atoms with Crippen LogP contribution in [0.3, 0.4) is 0 Å². The van der Waals surface area contributed by atoms with Crippen molar-refractivity contribution in [1.82, 2.24) is 5.32 Å². The van der Waals surface area contributed by atoms with Crippen LogP contribution in [0.5, 0.6) is 0 Å². The maximum atomic E-state index is 11.6. The molecule has 0 radical (unpaired) electrons. The van der Waals surface area contributed by atoms with Gasteiger partial charge in [0.05, 0.1) is 12.6 Å². The van der Waals surface area contributed by atoms with E-state index in [2.05, 4.69) is 12.2 Å².